The highest BCUT2D eigenvalue weighted by Crippen LogP contribution is 2.34. The van der Waals surface area contributed by atoms with Crippen molar-refractivity contribution in [2.45, 2.75) is 39.3 Å². The van der Waals surface area contributed by atoms with Gasteiger partial charge in [-0.05, 0) is 37.5 Å². The molecule has 2 atom stereocenters. The zero-order valence-corrected chi connectivity index (χ0v) is 10.7. The van der Waals surface area contributed by atoms with Crippen molar-refractivity contribution in [2.75, 3.05) is 6.54 Å². The minimum absolute atomic E-state index is 0.0485. The van der Waals surface area contributed by atoms with E-state index in [1.54, 1.807) is 0 Å². The minimum Gasteiger partial charge on any atom is -0.334 e. The monoisotopic (exact) mass is 232 g/mol. The highest BCUT2D eigenvalue weighted by molar-refractivity contribution is 5.80. The van der Waals surface area contributed by atoms with Crippen molar-refractivity contribution in [1.29, 1.82) is 0 Å². The maximum atomic E-state index is 11.8. The van der Waals surface area contributed by atoms with Gasteiger partial charge >= 0.3 is 0 Å². The number of carbonyl (C=O) groups excluding carboxylic acids is 1. The lowest BCUT2D eigenvalue weighted by atomic mass is 9.94. The molecule has 0 spiro atoms. The van der Waals surface area contributed by atoms with Crippen LogP contribution in [0.4, 0.5) is 0 Å². The molecule has 1 aliphatic heterocycles. The summed E-state index contributed by atoms with van der Waals surface area (Å²) in [6.45, 7) is 6.93. The molecule has 2 unspecified atom stereocenters. The van der Waals surface area contributed by atoms with Crippen LogP contribution in [0.5, 0.6) is 0 Å². The number of amides is 1. The third-order valence-electron chi connectivity index (χ3n) is 3.78. The average Bonchev–Trinajstić information content (AvgIpc) is 2.57. The standard InChI is InChI=1S/C14H20N2O/c1-4-16-13(17)8-12(15)14(16)11-7-5-6-9(2)10(11)3/h5-7,12,14H,4,8,15H2,1-3H3. The highest BCUT2D eigenvalue weighted by atomic mass is 16.2. The number of carbonyl (C=O) groups is 1. The maximum Gasteiger partial charge on any atom is 0.224 e. The molecule has 92 valence electrons. The predicted molar refractivity (Wildman–Crippen MR) is 68.6 cm³/mol. The van der Waals surface area contributed by atoms with E-state index in [0.29, 0.717) is 6.42 Å². The molecule has 0 aromatic heterocycles. The number of hydrogen-bond acceptors (Lipinski definition) is 2. The van der Waals surface area contributed by atoms with Crippen molar-refractivity contribution in [3.8, 4) is 0 Å². The molecule has 1 amide bonds. The van der Waals surface area contributed by atoms with Gasteiger partial charge in [0, 0.05) is 19.0 Å². The molecule has 1 aliphatic rings. The van der Waals surface area contributed by atoms with Crippen molar-refractivity contribution in [2.24, 2.45) is 5.73 Å². The van der Waals surface area contributed by atoms with Gasteiger partial charge in [0.05, 0.1) is 6.04 Å². The summed E-state index contributed by atoms with van der Waals surface area (Å²) in [4.78, 5) is 13.7. The summed E-state index contributed by atoms with van der Waals surface area (Å²) in [5.41, 5.74) is 9.83. The second-order valence-corrected chi connectivity index (χ2v) is 4.78. The number of likely N-dealkylation sites (tertiary alicyclic amines) is 1. The highest BCUT2D eigenvalue weighted by Gasteiger charge is 2.38. The Balaban J connectivity index is 2.44. The Morgan fingerprint density at radius 2 is 2.12 bits per heavy atom. The van der Waals surface area contributed by atoms with Crippen LogP contribution in [0.25, 0.3) is 0 Å². The Bertz CT molecular complexity index is 442. The molecule has 2 N–H and O–H groups in total. The summed E-state index contributed by atoms with van der Waals surface area (Å²) in [6.07, 6.45) is 0.464. The summed E-state index contributed by atoms with van der Waals surface area (Å²) in [5, 5.41) is 0. The second kappa shape index (κ2) is 4.49. The van der Waals surface area contributed by atoms with Crippen LogP contribution in [0.1, 0.15) is 36.1 Å². The van der Waals surface area contributed by atoms with Crippen molar-refractivity contribution in [3.63, 3.8) is 0 Å². The van der Waals surface area contributed by atoms with Crippen LogP contribution < -0.4 is 5.73 Å². The van der Waals surface area contributed by atoms with Gasteiger partial charge in [-0.15, -0.1) is 0 Å². The second-order valence-electron chi connectivity index (χ2n) is 4.78. The molecule has 0 bridgehead atoms. The number of aryl methyl sites for hydroxylation is 1. The van der Waals surface area contributed by atoms with Crippen molar-refractivity contribution in [3.05, 3.63) is 34.9 Å². The van der Waals surface area contributed by atoms with E-state index in [1.165, 1.54) is 16.7 Å². The van der Waals surface area contributed by atoms with Gasteiger partial charge in [-0.25, -0.2) is 0 Å². The number of likely N-dealkylation sites (N-methyl/N-ethyl adjacent to an activating group) is 1. The van der Waals surface area contributed by atoms with Crippen molar-refractivity contribution in [1.82, 2.24) is 4.90 Å². The molecule has 17 heavy (non-hydrogen) atoms. The Morgan fingerprint density at radius 3 is 2.76 bits per heavy atom. The Kier molecular flexibility index (Phi) is 3.20. The number of hydrogen-bond donors (Lipinski definition) is 1. The number of benzene rings is 1. The van der Waals surface area contributed by atoms with Gasteiger partial charge in [0.2, 0.25) is 5.91 Å². The van der Waals surface area contributed by atoms with Gasteiger partial charge in [-0.2, -0.15) is 0 Å². The van der Waals surface area contributed by atoms with E-state index in [4.69, 9.17) is 5.73 Å². The van der Waals surface area contributed by atoms with Crippen LogP contribution in [0.15, 0.2) is 18.2 Å². The minimum atomic E-state index is -0.0806. The van der Waals surface area contributed by atoms with E-state index < -0.39 is 0 Å². The molecule has 1 heterocycles. The molecule has 1 saturated heterocycles. The lowest BCUT2D eigenvalue weighted by molar-refractivity contribution is -0.128. The van der Waals surface area contributed by atoms with Gasteiger partial charge in [0.1, 0.15) is 0 Å². The lowest BCUT2D eigenvalue weighted by Gasteiger charge is -2.27. The number of nitrogens with two attached hydrogens (primary N) is 1. The number of rotatable bonds is 2. The summed E-state index contributed by atoms with van der Waals surface area (Å²) in [5.74, 6) is 0.172. The molecule has 1 aromatic carbocycles. The van der Waals surface area contributed by atoms with E-state index in [2.05, 4.69) is 26.0 Å². The molecular weight excluding hydrogens is 212 g/mol. The van der Waals surface area contributed by atoms with Crippen LogP contribution in [0.3, 0.4) is 0 Å². The third-order valence-corrected chi connectivity index (χ3v) is 3.78. The van der Waals surface area contributed by atoms with Crippen molar-refractivity contribution < 1.29 is 4.79 Å². The summed E-state index contributed by atoms with van der Waals surface area (Å²) >= 11 is 0. The molecule has 3 nitrogen and oxygen atoms in total. The molecule has 1 fully saturated rings. The third kappa shape index (κ3) is 1.95. The van der Waals surface area contributed by atoms with Crippen LogP contribution in [0, 0.1) is 13.8 Å². The van der Waals surface area contributed by atoms with Crippen LogP contribution in [-0.4, -0.2) is 23.4 Å². The van der Waals surface area contributed by atoms with Crippen molar-refractivity contribution >= 4 is 5.91 Å². The van der Waals surface area contributed by atoms with Crippen LogP contribution in [-0.2, 0) is 4.79 Å². The van der Waals surface area contributed by atoms with E-state index in [-0.39, 0.29) is 18.0 Å². The SMILES string of the molecule is CCN1C(=O)CC(N)C1c1cccc(C)c1C. The normalized spacial score (nSPS) is 24.5. The first-order valence-corrected chi connectivity index (χ1v) is 6.17. The van der Waals surface area contributed by atoms with Gasteiger partial charge in [-0.3, -0.25) is 4.79 Å². The van der Waals surface area contributed by atoms with E-state index in [9.17, 15) is 4.79 Å². The molecule has 1 aromatic rings. The zero-order chi connectivity index (χ0) is 12.6. The first-order valence-electron chi connectivity index (χ1n) is 6.17. The van der Waals surface area contributed by atoms with E-state index in [0.717, 1.165) is 6.54 Å². The van der Waals surface area contributed by atoms with Gasteiger partial charge in [-0.1, -0.05) is 18.2 Å². The van der Waals surface area contributed by atoms with Gasteiger partial charge < -0.3 is 10.6 Å². The average molecular weight is 232 g/mol. The first kappa shape index (κ1) is 12.1. The summed E-state index contributed by atoms with van der Waals surface area (Å²) < 4.78 is 0. The lowest BCUT2D eigenvalue weighted by Crippen LogP contribution is -2.33. The molecule has 2 rings (SSSR count). The fraction of sp³-hybridized carbons (Fsp3) is 0.500. The fourth-order valence-corrected chi connectivity index (χ4v) is 2.68. The Morgan fingerprint density at radius 1 is 1.41 bits per heavy atom. The van der Waals surface area contributed by atoms with E-state index in [1.807, 2.05) is 17.9 Å². The molecule has 0 aliphatic carbocycles. The Labute approximate surface area is 103 Å². The molecule has 0 radical (unpaired) electrons. The summed E-state index contributed by atoms with van der Waals surface area (Å²) in [7, 11) is 0. The zero-order valence-electron chi connectivity index (χ0n) is 10.7. The van der Waals surface area contributed by atoms with Crippen LogP contribution in [0.2, 0.25) is 0 Å². The topological polar surface area (TPSA) is 46.3 Å². The molecular formula is C14H20N2O. The first-order chi connectivity index (χ1) is 8.06. The van der Waals surface area contributed by atoms with E-state index >= 15 is 0 Å². The molecule has 0 saturated carbocycles. The quantitative estimate of drug-likeness (QED) is 0.846. The van der Waals surface area contributed by atoms with Gasteiger partial charge in [0.15, 0.2) is 0 Å². The van der Waals surface area contributed by atoms with Crippen LogP contribution >= 0.6 is 0 Å². The smallest absolute Gasteiger partial charge is 0.224 e. The summed E-state index contributed by atoms with van der Waals surface area (Å²) in [6, 6.07) is 6.20. The predicted octanol–water partition coefficient (Wildman–Crippen LogP) is 1.92. The largest absolute Gasteiger partial charge is 0.334 e. The van der Waals surface area contributed by atoms with Gasteiger partial charge in [0.25, 0.3) is 0 Å². The number of nitrogens with zero attached hydrogens (tertiary/aromatic N) is 1. The maximum absolute atomic E-state index is 11.8. The fourth-order valence-electron chi connectivity index (χ4n) is 2.68. The Hall–Kier alpha value is -1.35. The molecule has 3 heteroatoms.